The molecule has 0 radical (unpaired) electrons. The number of thioether (sulfide) groups is 1. The highest BCUT2D eigenvalue weighted by molar-refractivity contribution is 7.99. The van der Waals surface area contributed by atoms with E-state index in [0.29, 0.717) is 17.9 Å². The number of nitrogens with zero attached hydrogens (tertiary/aromatic N) is 1. The second kappa shape index (κ2) is 5.08. The summed E-state index contributed by atoms with van der Waals surface area (Å²) >= 11 is 1.49. The fraction of sp³-hybridized carbons (Fsp3) is 0.417. The van der Waals surface area contributed by atoms with Gasteiger partial charge in [-0.05, 0) is 18.2 Å². The van der Waals surface area contributed by atoms with Crippen molar-refractivity contribution in [2.45, 2.75) is 12.0 Å². The highest BCUT2D eigenvalue weighted by Crippen LogP contribution is 2.28. The molecule has 1 aromatic heterocycles. The van der Waals surface area contributed by atoms with Crippen LogP contribution in [0.15, 0.2) is 23.0 Å². The average molecular weight is 282 g/mol. The van der Waals surface area contributed by atoms with Crippen LogP contribution in [0.3, 0.4) is 0 Å². The average Bonchev–Trinajstić information content (AvgIpc) is 2.82. The van der Waals surface area contributed by atoms with Gasteiger partial charge in [-0.3, -0.25) is 9.59 Å². The number of amides is 1. The van der Waals surface area contributed by atoms with Gasteiger partial charge in [0.05, 0.1) is 0 Å². The summed E-state index contributed by atoms with van der Waals surface area (Å²) in [5, 5.41) is 11.8. The lowest BCUT2D eigenvalue weighted by molar-refractivity contribution is -0.143. The SMILES string of the molecule is Cn1c(C(=O)NC2(C(=O)O)CCSC2)cccc1=O. The van der Waals surface area contributed by atoms with Crippen molar-refractivity contribution in [2.24, 2.45) is 7.05 Å². The second-order valence-electron chi connectivity index (χ2n) is 4.45. The third-order valence-corrected chi connectivity index (χ3v) is 4.39. The molecule has 1 atom stereocenters. The Morgan fingerprint density at radius 1 is 1.47 bits per heavy atom. The molecule has 1 amide bonds. The maximum Gasteiger partial charge on any atom is 0.330 e. The summed E-state index contributed by atoms with van der Waals surface area (Å²) in [5.74, 6) is -0.535. The molecule has 19 heavy (non-hydrogen) atoms. The quantitative estimate of drug-likeness (QED) is 0.819. The molecule has 1 unspecified atom stereocenters. The van der Waals surface area contributed by atoms with Crippen molar-refractivity contribution >= 4 is 23.6 Å². The minimum absolute atomic E-state index is 0.157. The predicted octanol–water partition coefficient (Wildman–Crippen LogP) is 0.0754. The van der Waals surface area contributed by atoms with Gasteiger partial charge in [0.2, 0.25) is 0 Å². The largest absolute Gasteiger partial charge is 0.479 e. The first-order chi connectivity index (χ1) is 8.96. The molecule has 0 saturated carbocycles. The summed E-state index contributed by atoms with van der Waals surface area (Å²) in [6, 6.07) is 4.32. The molecule has 1 aliphatic heterocycles. The maximum absolute atomic E-state index is 12.1. The van der Waals surface area contributed by atoms with Crippen molar-refractivity contribution in [3.63, 3.8) is 0 Å². The van der Waals surface area contributed by atoms with Crippen molar-refractivity contribution in [1.82, 2.24) is 9.88 Å². The van der Waals surface area contributed by atoms with E-state index in [-0.39, 0.29) is 11.3 Å². The third kappa shape index (κ3) is 2.51. The van der Waals surface area contributed by atoms with Gasteiger partial charge in [-0.15, -0.1) is 0 Å². The molecule has 0 aliphatic carbocycles. The van der Waals surface area contributed by atoms with Gasteiger partial charge in [-0.25, -0.2) is 4.79 Å². The number of carboxylic acid groups (broad SMARTS) is 1. The minimum atomic E-state index is -1.23. The number of hydrogen-bond acceptors (Lipinski definition) is 4. The fourth-order valence-electron chi connectivity index (χ4n) is 1.96. The molecule has 1 saturated heterocycles. The first-order valence-corrected chi connectivity index (χ1v) is 6.91. The van der Waals surface area contributed by atoms with Crippen LogP contribution < -0.4 is 10.9 Å². The van der Waals surface area contributed by atoms with Gasteiger partial charge >= 0.3 is 5.97 Å². The normalized spacial score (nSPS) is 22.2. The van der Waals surface area contributed by atoms with E-state index in [1.54, 1.807) is 0 Å². The molecular weight excluding hydrogens is 268 g/mol. The van der Waals surface area contributed by atoms with E-state index in [2.05, 4.69) is 5.32 Å². The topological polar surface area (TPSA) is 88.4 Å². The number of carbonyl (C=O) groups excluding carboxylic acids is 1. The monoisotopic (exact) mass is 282 g/mol. The Hall–Kier alpha value is -1.76. The molecule has 7 heteroatoms. The van der Waals surface area contributed by atoms with E-state index in [4.69, 9.17) is 0 Å². The van der Waals surface area contributed by atoms with E-state index in [0.717, 1.165) is 0 Å². The number of aliphatic carboxylic acids is 1. The van der Waals surface area contributed by atoms with Gasteiger partial charge in [-0.2, -0.15) is 11.8 Å². The van der Waals surface area contributed by atoms with E-state index >= 15 is 0 Å². The van der Waals surface area contributed by atoms with Crippen LogP contribution in [0.5, 0.6) is 0 Å². The highest BCUT2D eigenvalue weighted by Gasteiger charge is 2.43. The van der Waals surface area contributed by atoms with E-state index in [9.17, 15) is 19.5 Å². The zero-order chi connectivity index (χ0) is 14.0. The van der Waals surface area contributed by atoms with Gasteiger partial charge in [0.25, 0.3) is 11.5 Å². The number of carboxylic acids is 1. The summed E-state index contributed by atoms with van der Waals surface area (Å²) in [6.07, 6.45) is 0.388. The summed E-state index contributed by atoms with van der Waals surface area (Å²) in [7, 11) is 1.48. The van der Waals surface area contributed by atoms with Gasteiger partial charge in [0, 0.05) is 18.9 Å². The van der Waals surface area contributed by atoms with Crippen LogP contribution in [-0.4, -0.2) is 38.6 Å². The summed E-state index contributed by atoms with van der Waals surface area (Å²) in [5.41, 5.74) is -1.38. The first kappa shape index (κ1) is 13.7. The lowest BCUT2D eigenvalue weighted by Crippen LogP contribution is -2.55. The lowest BCUT2D eigenvalue weighted by Gasteiger charge is -2.24. The molecule has 0 bridgehead atoms. The lowest BCUT2D eigenvalue weighted by atomic mass is 9.99. The first-order valence-electron chi connectivity index (χ1n) is 5.76. The van der Waals surface area contributed by atoms with Gasteiger partial charge in [0.15, 0.2) is 0 Å². The minimum Gasteiger partial charge on any atom is -0.479 e. The molecule has 2 N–H and O–H groups in total. The van der Waals surface area contributed by atoms with Crippen molar-refractivity contribution in [2.75, 3.05) is 11.5 Å². The van der Waals surface area contributed by atoms with Crippen LogP contribution in [0.2, 0.25) is 0 Å². The van der Waals surface area contributed by atoms with Gasteiger partial charge in [0.1, 0.15) is 11.2 Å². The number of pyridine rings is 1. The Balaban J connectivity index is 2.28. The molecule has 2 rings (SSSR count). The molecular formula is C12H14N2O4S. The number of hydrogen-bond donors (Lipinski definition) is 2. The number of rotatable bonds is 3. The van der Waals surface area contributed by atoms with Crippen molar-refractivity contribution in [1.29, 1.82) is 0 Å². The van der Waals surface area contributed by atoms with E-state index in [1.165, 1.54) is 41.6 Å². The van der Waals surface area contributed by atoms with Crippen LogP contribution in [-0.2, 0) is 11.8 Å². The smallest absolute Gasteiger partial charge is 0.330 e. The molecule has 2 heterocycles. The Kier molecular flexibility index (Phi) is 3.66. The third-order valence-electron chi connectivity index (χ3n) is 3.20. The van der Waals surface area contributed by atoms with Crippen molar-refractivity contribution < 1.29 is 14.7 Å². The Bertz CT molecular complexity index is 575. The Morgan fingerprint density at radius 3 is 2.79 bits per heavy atom. The number of aromatic nitrogens is 1. The molecule has 1 aliphatic rings. The summed E-state index contributed by atoms with van der Waals surface area (Å²) < 4.78 is 1.20. The fourth-order valence-corrected chi connectivity index (χ4v) is 3.28. The number of nitrogens with one attached hydrogen (secondary N) is 1. The Morgan fingerprint density at radius 2 is 2.21 bits per heavy atom. The van der Waals surface area contributed by atoms with Crippen LogP contribution in [0.4, 0.5) is 0 Å². The highest BCUT2D eigenvalue weighted by atomic mass is 32.2. The Labute approximate surface area is 113 Å². The molecule has 0 aromatic carbocycles. The molecule has 6 nitrogen and oxygen atoms in total. The van der Waals surface area contributed by atoms with Crippen molar-refractivity contribution in [3.8, 4) is 0 Å². The number of carbonyl (C=O) groups is 2. The van der Waals surface area contributed by atoms with Crippen LogP contribution >= 0.6 is 11.8 Å². The molecule has 0 spiro atoms. The van der Waals surface area contributed by atoms with Gasteiger partial charge < -0.3 is 15.0 Å². The van der Waals surface area contributed by atoms with Crippen molar-refractivity contribution in [3.05, 3.63) is 34.2 Å². The van der Waals surface area contributed by atoms with Gasteiger partial charge in [-0.1, -0.05) is 6.07 Å². The predicted molar refractivity (Wildman–Crippen MR) is 71.5 cm³/mol. The second-order valence-corrected chi connectivity index (χ2v) is 5.56. The van der Waals surface area contributed by atoms with Crippen LogP contribution in [0.1, 0.15) is 16.9 Å². The van der Waals surface area contributed by atoms with Crippen LogP contribution in [0.25, 0.3) is 0 Å². The van der Waals surface area contributed by atoms with E-state index < -0.39 is 17.4 Å². The standard InChI is InChI=1S/C12H14N2O4S/c1-14-8(3-2-4-9(14)15)10(16)13-12(11(17)18)5-6-19-7-12/h2-4H,5-7H2,1H3,(H,13,16)(H,17,18). The summed E-state index contributed by atoms with van der Waals surface area (Å²) in [6.45, 7) is 0. The maximum atomic E-state index is 12.1. The molecule has 102 valence electrons. The van der Waals surface area contributed by atoms with E-state index in [1.807, 2.05) is 0 Å². The molecule has 1 fully saturated rings. The van der Waals surface area contributed by atoms with Crippen LogP contribution in [0, 0.1) is 0 Å². The molecule has 1 aromatic rings. The summed E-state index contributed by atoms with van der Waals surface area (Å²) in [4.78, 5) is 34.9. The zero-order valence-corrected chi connectivity index (χ0v) is 11.2. The zero-order valence-electron chi connectivity index (χ0n) is 10.4.